The molecular weight excluding hydrogens is 246 g/mol. The van der Waals surface area contributed by atoms with Crippen molar-refractivity contribution in [1.29, 1.82) is 0 Å². The Balaban J connectivity index is 1.65. The fourth-order valence-electron chi connectivity index (χ4n) is 2.83. The number of fused-ring (bicyclic) bond motifs is 1. The van der Waals surface area contributed by atoms with Gasteiger partial charge < -0.3 is 10.2 Å². The van der Waals surface area contributed by atoms with E-state index in [2.05, 4.69) is 46.4 Å². The summed E-state index contributed by atoms with van der Waals surface area (Å²) in [5.41, 5.74) is 3.90. The van der Waals surface area contributed by atoms with Crippen molar-refractivity contribution in [1.82, 2.24) is 4.98 Å². The predicted molar refractivity (Wildman–Crippen MR) is 84.4 cm³/mol. The highest BCUT2D eigenvalue weighted by molar-refractivity contribution is 5.58. The van der Waals surface area contributed by atoms with Gasteiger partial charge in [0, 0.05) is 30.5 Å². The summed E-state index contributed by atoms with van der Waals surface area (Å²) >= 11 is 0. The van der Waals surface area contributed by atoms with E-state index in [0.29, 0.717) is 6.04 Å². The molecule has 0 saturated heterocycles. The fraction of sp³-hybridized carbons (Fsp3) is 0.353. The summed E-state index contributed by atoms with van der Waals surface area (Å²) in [7, 11) is 0. The Morgan fingerprint density at radius 2 is 2.05 bits per heavy atom. The molecule has 1 aliphatic rings. The van der Waals surface area contributed by atoms with E-state index in [9.17, 15) is 0 Å². The van der Waals surface area contributed by atoms with Crippen LogP contribution in [0.1, 0.15) is 18.2 Å². The van der Waals surface area contributed by atoms with Gasteiger partial charge in [-0.05, 0) is 44.0 Å². The van der Waals surface area contributed by atoms with E-state index in [0.717, 1.165) is 31.0 Å². The van der Waals surface area contributed by atoms with Crippen LogP contribution < -0.4 is 10.2 Å². The van der Waals surface area contributed by atoms with Crippen LogP contribution in [0, 0.1) is 6.92 Å². The van der Waals surface area contributed by atoms with E-state index < -0.39 is 0 Å². The molecule has 0 spiro atoms. The van der Waals surface area contributed by atoms with Crippen LogP contribution in [0.4, 0.5) is 11.5 Å². The number of nitrogens with zero attached hydrogens (tertiary/aromatic N) is 2. The molecule has 1 aromatic carbocycles. The molecule has 2 heterocycles. The lowest BCUT2D eigenvalue weighted by molar-refractivity contribution is 0.678. The van der Waals surface area contributed by atoms with Gasteiger partial charge in [0.1, 0.15) is 5.82 Å². The summed E-state index contributed by atoms with van der Waals surface area (Å²) in [4.78, 5) is 6.97. The van der Waals surface area contributed by atoms with E-state index in [4.69, 9.17) is 0 Å². The molecule has 0 fully saturated rings. The zero-order valence-corrected chi connectivity index (χ0v) is 12.1. The SMILES string of the molecule is Cc1cccc(NCC(C)N2CCc3ccccc32)n1. The Bertz CT molecular complexity index is 594. The molecule has 3 rings (SSSR count). The number of pyridine rings is 1. The highest BCUT2D eigenvalue weighted by Crippen LogP contribution is 2.29. The van der Waals surface area contributed by atoms with Crippen molar-refractivity contribution >= 4 is 11.5 Å². The Kier molecular flexibility index (Phi) is 3.59. The van der Waals surface area contributed by atoms with E-state index in [1.165, 1.54) is 11.3 Å². The van der Waals surface area contributed by atoms with Crippen molar-refractivity contribution in [3.63, 3.8) is 0 Å². The van der Waals surface area contributed by atoms with Gasteiger partial charge in [-0.15, -0.1) is 0 Å². The van der Waals surface area contributed by atoms with Crippen molar-refractivity contribution in [2.24, 2.45) is 0 Å². The monoisotopic (exact) mass is 267 g/mol. The van der Waals surface area contributed by atoms with Crippen LogP contribution in [0.3, 0.4) is 0 Å². The minimum atomic E-state index is 0.459. The van der Waals surface area contributed by atoms with Crippen LogP contribution in [0.2, 0.25) is 0 Å². The Morgan fingerprint density at radius 1 is 1.20 bits per heavy atom. The molecule has 1 aliphatic heterocycles. The smallest absolute Gasteiger partial charge is 0.126 e. The van der Waals surface area contributed by atoms with E-state index in [1.54, 1.807) is 0 Å². The van der Waals surface area contributed by atoms with Gasteiger partial charge in [-0.2, -0.15) is 0 Å². The molecule has 3 heteroatoms. The maximum Gasteiger partial charge on any atom is 0.126 e. The zero-order chi connectivity index (χ0) is 13.9. The van der Waals surface area contributed by atoms with Crippen molar-refractivity contribution in [2.45, 2.75) is 26.3 Å². The van der Waals surface area contributed by atoms with Crippen LogP contribution in [0.15, 0.2) is 42.5 Å². The van der Waals surface area contributed by atoms with E-state index in [1.807, 2.05) is 25.1 Å². The number of aromatic nitrogens is 1. The third kappa shape index (κ3) is 2.62. The van der Waals surface area contributed by atoms with Crippen LogP contribution in [0.25, 0.3) is 0 Å². The average molecular weight is 267 g/mol. The molecule has 2 aromatic rings. The van der Waals surface area contributed by atoms with E-state index >= 15 is 0 Å². The van der Waals surface area contributed by atoms with Crippen LogP contribution in [-0.4, -0.2) is 24.1 Å². The van der Waals surface area contributed by atoms with Gasteiger partial charge in [-0.3, -0.25) is 0 Å². The number of anilines is 2. The normalized spacial score (nSPS) is 15.0. The molecule has 0 aliphatic carbocycles. The molecule has 0 saturated carbocycles. The first-order chi connectivity index (χ1) is 9.74. The number of nitrogens with one attached hydrogen (secondary N) is 1. The molecule has 20 heavy (non-hydrogen) atoms. The highest BCUT2D eigenvalue weighted by Gasteiger charge is 2.22. The molecule has 104 valence electrons. The molecule has 1 N–H and O–H groups in total. The average Bonchev–Trinajstić information content (AvgIpc) is 2.89. The second-order valence-corrected chi connectivity index (χ2v) is 5.47. The van der Waals surface area contributed by atoms with Crippen molar-refractivity contribution in [2.75, 3.05) is 23.3 Å². The Morgan fingerprint density at radius 3 is 2.90 bits per heavy atom. The van der Waals surface area contributed by atoms with Crippen LogP contribution >= 0.6 is 0 Å². The number of rotatable bonds is 4. The fourth-order valence-corrected chi connectivity index (χ4v) is 2.83. The van der Waals surface area contributed by atoms with Gasteiger partial charge in [0.25, 0.3) is 0 Å². The number of para-hydroxylation sites is 1. The molecule has 1 aromatic heterocycles. The number of hydrogen-bond acceptors (Lipinski definition) is 3. The molecular formula is C17H21N3. The summed E-state index contributed by atoms with van der Waals surface area (Å²) in [6, 6.07) is 15.3. The second kappa shape index (κ2) is 5.53. The maximum absolute atomic E-state index is 4.49. The van der Waals surface area contributed by atoms with E-state index in [-0.39, 0.29) is 0 Å². The third-order valence-corrected chi connectivity index (χ3v) is 3.92. The van der Waals surface area contributed by atoms with Gasteiger partial charge in [-0.25, -0.2) is 4.98 Å². The molecule has 1 atom stereocenters. The summed E-state index contributed by atoms with van der Waals surface area (Å²) in [5, 5.41) is 3.44. The van der Waals surface area contributed by atoms with Gasteiger partial charge in [0.05, 0.1) is 0 Å². The number of aryl methyl sites for hydroxylation is 1. The minimum absolute atomic E-state index is 0.459. The van der Waals surface area contributed by atoms with Crippen molar-refractivity contribution in [3.05, 3.63) is 53.7 Å². The third-order valence-electron chi connectivity index (χ3n) is 3.92. The predicted octanol–water partition coefficient (Wildman–Crippen LogP) is 3.25. The highest BCUT2D eigenvalue weighted by atomic mass is 15.2. The first-order valence-electron chi connectivity index (χ1n) is 7.26. The van der Waals surface area contributed by atoms with Gasteiger partial charge in [0.15, 0.2) is 0 Å². The lowest BCUT2D eigenvalue weighted by atomic mass is 10.2. The summed E-state index contributed by atoms with van der Waals surface area (Å²) in [5.74, 6) is 0.962. The first-order valence-corrected chi connectivity index (χ1v) is 7.26. The van der Waals surface area contributed by atoms with Gasteiger partial charge >= 0.3 is 0 Å². The summed E-state index contributed by atoms with van der Waals surface area (Å²) in [6.07, 6.45) is 1.16. The topological polar surface area (TPSA) is 28.2 Å². The largest absolute Gasteiger partial charge is 0.368 e. The standard InChI is InChI=1S/C17H21N3/c1-13-6-5-9-17(19-13)18-12-14(2)20-11-10-15-7-3-4-8-16(15)20/h3-9,14H,10-12H2,1-2H3,(H,18,19). The lowest BCUT2D eigenvalue weighted by Gasteiger charge is -2.27. The number of hydrogen-bond donors (Lipinski definition) is 1. The lowest BCUT2D eigenvalue weighted by Crippen LogP contribution is -2.36. The number of benzene rings is 1. The molecule has 0 radical (unpaired) electrons. The van der Waals surface area contributed by atoms with Crippen LogP contribution in [0.5, 0.6) is 0 Å². The first kappa shape index (κ1) is 13.0. The van der Waals surface area contributed by atoms with Gasteiger partial charge in [0.2, 0.25) is 0 Å². The van der Waals surface area contributed by atoms with Crippen molar-refractivity contribution in [3.8, 4) is 0 Å². The quantitative estimate of drug-likeness (QED) is 0.921. The second-order valence-electron chi connectivity index (χ2n) is 5.47. The molecule has 0 bridgehead atoms. The zero-order valence-electron chi connectivity index (χ0n) is 12.1. The molecule has 1 unspecified atom stereocenters. The molecule has 0 amide bonds. The Hall–Kier alpha value is -2.03. The minimum Gasteiger partial charge on any atom is -0.368 e. The van der Waals surface area contributed by atoms with Crippen molar-refractivity contribution < 1.29 is 0 Å². The summed E-state index contributed by atoms with van der Waals surface area (Å²) in [6.45, 7) is 6.31. The van der Waals surface area contributed by atoms with Crippen LogP contribution in [-0.2, 0) is 6.42 Å². The maximum atomic E-state index is 4.49. The molecule has 3 nitrogen and oxygen atoms in total. The Labute approximate surface area is 120 Å². The van der Waals surface area contributed by atoms with Gasteiger partial charge in [-0.1, -0.05) is 24.3 Å². The summed E-state index contributed by atoms with van der Waals surface area (Å²) < 4.78 is 0.